The van der Waals surface area contributed by atoms with Crippen LogP contribution < -0.4 is 5.32 Å². The fourth-order valence-electron chi connectivity index (χ4n) is 1.54. The summed E-state index contributed by atoms with van der Waals surface area (Å²) in [7, 11) is 2.07. The molecule has 0 atom stereocenters. The van der Waals surface area contributed by atoms with Crippen LogP contribution in [0.3, 0.4) is 0 Å². The molecule has 19 heavy (non-hydrogen) atoms. The van der Waals surface area contributed by atoms with Crippen molar-refractivity contribution in [2.45, 2.75) is 26.3 Å². The Morgan fingerprint density at radius 1 is 1.47 bits per heavy atom. The van der Waals surface area contributed by atoms with E-state index in [2.05, 4.69) is 47.0 Å². The van der Waals surface area contributed by atoms with E-state index in [1.165, 1.54) is 6.07 Å². The standard InChI is InChI=1S/C14H21BrN2O2/c1-10(2)17(3)8-4-7-16-14(19)11-5-6-12(15)13(18)9-11/h5-6,9-10,18H,4,7-8H2,1-3H3,(H,16,19). The Kier molecular flexibility index (Phi) is 6.31. The van der Waals surface area contributed by atoms with Crippen LogP contribution in [0, 0.1) is 0 Å². The lowest BCUT2D eigenvalue weighted by Crippen LogP contribution is -2.31. The van der Waals surface area contributed by atoms with E-state index >= 15 is 0 Å². The lowest BCUT2D eigenvalue weighted by Gasteiger charge is -2.20. The average molecular weight is 329 g/mol. The number of aromatic hydroxyl groups is 1. The maximum atomic E-state index is 11.8. The Hall–Kier alpha value is -1.07. The molecule has 0 aliphatic heterocycles. The van der Waals surface area contributed by atoms with Crippen molar-refractivity contribution in [2.24, 2.45) is 0 Å². The quantitative estimate of drug-likeness (QED) is 0.789. The van der Waals surface area contributed by atoms with E-state index in [0.717, 1.165) is 13.0 Å². The van der Waals surface area contributed by atoms with Crippen molar-refractivity contribution in [1.29, 1.82) is 0 Å². The van der Waals surface area contributed by atoms with Crippen molar-refractivity contribution in [3.8, 4) is 5.75 Å². The summed E-state index contributed by atoms with van der Waals surface area (Å²) < 4.78 is 0.586. The van der Waals surface area contributed by atoms with E-state index in [9.17, 15) is 9.90 Å². The second-order valence-corrected chi connectivity index (χ2v) is 5.70. The molecule has 1 rings (SSSR count). The molecule has 2 N–H and O–H groups in total. The molecular formula is C14H21BrN2O2. The lowest BCUT2D eigenvalue weighted by molar-refractivity contribution is 0.0951. The number of halogens is 1. The van der Waals surface area contributed by atoms with Gasteiger partial charge in [-0.15, -0.1) is 0 Å². The smallest absolute Gasteiger partial charge is 0.251 e. The molecule has 0 heterocycles. The topological polar surface area (TPSA) is 52.6 Å². The molecule has 0 aliphatic rings. The molecule has 0 bridgehead atoms. The van der Waals surface area contributed by atoms with Gasteiger partial charge in [-0.25, -0.2) is 0 Å². The number of carbonyl (C=O) groups excluding carboxylic acids is 1. The molecular weight excluding hydrogens is 308 g/mol. The minimum Gasteiger partial charge on any atom is -0.507 e. The summed E-state index contributed by atoms with van der Waals surface area (Å²) in [5.74, 6) is -0.0813. The first kappa shape index (κ1) is 16.0. The van der Waals surface area contributed by atoms with Crippen molar-refractivity contribution in [1.82, 2.24) is 10.2 Å². The highest BCUT2D eigenvalue weighted by atomic mass is 79.9. The summed E-state index contributed by atoms with van der Waals surface area (Å²) >= 11 is 3.18. The number of carbonyl (C=O) groups is 1. The Morgan fingerprint density at radius 3 is 2.74 bits per heavy atom. The van der Waals surface area contributed by atoms with Gasteiger partial charge in [0.25, 0.3) is 5.91 Å². The molecule has 0 radical (unpaired) electrons. The van der Waals surface area contributed by atoms with Crippen molar-refractivity contribution in [3.63, 3.8) is 0 Å². The monoisotopic (exact) mass is 328 g/mol. The van der Waals surface area contributed by atoms with Crippen LogP contribution in [0.15, 0.2) is 22.7 Å². The highest BCUT2D eigenvalue weighted by Gasteiger charge is 2.08. The SMILES string of the molecule is CC(C)N(C)CCCNC(=O)c1ccc(Br)c(O)c1. The van der Waals surface area contributed by atoms with Crippen molar-refractivity contribution >= 4 is 21.8 Å². The van der Waals surface area contributed by atoms with Gasteiger partial charge < -0.3 is 15.3 Å². The largest absolute Gasteiger partial charge is 0.507 e. The molecule has 0 saturated heterocycles. The molecule has 1 amide bonds. The number of rotatable bonds is 6. The Bertz CT molecular complexity index is 435. The number of amides is 1. The molecule has 0 saturated carbocycles. The summed E-state index contributed by atoms with van der Waals surface area (Å²) in [6, 6.07) is 5.31. The van der Waals surface area contributed by atoms with Crippen molar-refractivity contribution < 1.29 is 9.90 Å². The van der Waals surface area contributed by atoms with E-state index in [1.807, 2.05) is 0 Å². The highest BCUT2D eigenvalue weighted by molar-refractivity contribution is 9.10. The van der Waals surface area contributed by atoms with Crippen LogP contribution in [0.25, 0.3) is 0 Å². The van der Waals surface area contributed by atoms with E-state index < -0.39 is 0 Å². The second kappa shape index (κ2) is 7.50. The first-order valence-corrected chi connectivity index (χ1v) is 7.18. The van der Waals surface area contributed by atoms with Crippen LogP contribution in [0.1, 0.15) is 30.6 Å². The Morgan fingerprint density at radius 2 is 2.16 bits per heavy atom. The number of hydrogen-bond acceptors (Lipinski definition) is 3. The fourth-order valence-corrected chi connectivity index (χ4v) is 1.79. The predicted molar refractivity (Wildman–Crippen MR) is 80.5 cm³/mol. The number of phenols is 1. The summed E-state index contributed by atoms with van der Waals surface area (Å²) in [4.78, 5) is 14.1. The van der Waals surface area contributed by atoms with E-state index in [-0.39, 0.29) is 11.7 Å². The molecule has 0 spiro atoms. The van der Waals surface area contributed by atoms with Gasteiger partial charge in [-0.1, -0.05) is 0 Å². The van der Waals surface area contributed by atoms with Gasteiger partial charge in [0.2, 0.25) is 0 Å². The number of phenolic OH excluding ortho intramolecular Hbond substituents is 1. The van der Waals surface area contributed by atoms with E-state index in [4.69, 9.17) is 0 Å². The van der Waals surface area contributed by atoms with E-state index in [1.54, 1.807) is 12.1 Å². The van der Waals surface area contributed by atoms with Gasteiger partial charge in [0.15, 0.2) is 0 Å². The Labute approximate surface area is 122 Å². The van der Waals surface area contributed by atoms with Gasteiger partial charge in [-0.3, -0.25) is 4.79 Å². The summed E-state index contributed by atoms with van der Waals surface area (Å²) in [5, 5.41) is 12.4. The molecule has 0 aromatic heterocycles. The third kappa shape index (κ3) is 5.20. The van der Waals surface area contributed by atoms with Gasteiger partial charge in [0.1, 0.15) is 5.75 Å². The number of benzene rings is 1. The molecule has 4 nitrogen and oxygen atoms in total. The maximum absolute atomic E-state index is 11.8. The van der Waals surface area contributed by atoms with E-state index in [0.29, 0.717) is 22.6 Å². The number of nitrogens with zero attached hydrogens (tertiary/aromatic N) is 1. The molecule has 106 valence electrons. The van der Waals surface area contributed by atoms with Crippen LogP contribution in [0.5, 0.6) is 5.75 Å². The van der Waals surface area contributed by atoms with Gasteiger partial charge in [-0.2, -0.15) is 0 Å². The highest BCUT2D eigenvalue weighted by Crippen LogP contribution is 2.24. The van der Waals surface area contributed by atoms with Crippen LogP contribution in [0.4, 0.5) is 0 Å². The minimum absolute atomic E-state index is 0.0761. The summed E-state index contributed by atoms with van der Waals surface area (Å²) in [5.41, 5.74) is 0.470. The molecule has 5 heteroatoms. The van der Waals surface area contributed by atoms with Gasteiger partial charge >= 0.3 is 0 Å². The third-order valence-electron chi connectivity index (χ3n) is 3.06. The zero-order valence-corrected chi connectivity index (χ0v) is 13.2. The molecule has 0 fully saturated rings. The second-order valence-electron chi connectivity index (χ2n) is 4.85. The third-order valence-corrected chi connectivity index (χ3v) is 3.73. The van der Waals surface area contributed by atoms with Crippen LogP contribution >= 0.6 is 15.9 Å². The van der Waals surface area contributed by atoms with Gasteiger partial charge in [0.05, 0.1) is 4.47 Å². The van der Waals surface area contributed by atoms with Crippen LogP contribution in [-0.4, -0.2) is 42.1 Å². The average Bonchev–Trinajstić information content (AvgIpc) is 2.37. The normalized spacial score (nSPS) is 11.1. The minimum atomic E-state index is -0.157. The maximum Gasteiger partial charge on any atom is 0.251 e. The zero-order chi connectivity index (χ0) is 14.4. The first-order chi connectivity index (χ1) is 8.91. The molecule has 0 aliphatic carbocycles. The number of nitrogens with one attached hydrogen (secondary N) is 1. The summed E-state index contributed by atoms with van der Waals surface area (Å²) in [6.07, 6.45) is 0.906. The zero-order valence-electron chi connectivity index (χ0n) is 11.6. The molecule has 0 unspecified atom stereocenters. The van der Waals surface area contributed by atoms with Crippen molar-refractivity contribution in [2.75, 3.05) is 20.1 Å². The predicted octanol–water partition coefficient (Wildman–Crippen LogP) is 2.61. The van der Waals surface area contributed by atoms with Gasteiger partial charge in [0, 0.05) is 18.2 Å². The van der Waals surface area contributed by atoms with Crippen LogP contribution in [-0.2, 0) is 0 Å². The van der Waals surface area contributed by atoms with Crippen molar-refractivity contribution in [3.05, 3.63) is 28.2 Å². The fraction of sp³-hybridized carbons (Fsp3) is 0.500. The molecule has 1 aromatic rings. The van der Waals surface area contributed by atoms with Gasteiger partial charge in [-0.05, 0) is 68.0 Å². The first-order valence-electron chi connectivity index (χ1n) is 6.38. The summed E-state index contributed by atoms with van der Waals surface area (Å²) in [6.45, 7) is 5.86. The molecule has 1 aromatic carbocycles. The number of hydrogen-bond donors (Lipinski definition) is 2. The lowest BCUT2D eigenvalue weighted by atomic mass is 10.2. The Balaban J connectivity index is 2.37. The van der Waals surface area contributed by atoms with Crippen LogP contribution in [0.2, 0.25) is 0 Å².